The van der Waals surface area contributed by atoms with E-state index in [1.165, 1.54) is 11.8 Å². The maximum absolute atomic E-state index is 14.8. The normalized spacial score (nSPS) is 21.9. The van der Waals surface area contributed by atoms with Gasteiger partial charge in [0, 0.05) is 43.5 Å². The number of nitrogens with one attached hydrogen (secondary N) is 1. The predicted molar refractivity (Wildman–Crippen MR) is 107 cm³/mol. The van der Waals surface area contributed by atoms with Crippen molar-refractivity contribution in [1.82, 2.24) is 15.3 Å². The van der Waals surface area contributed by atoms with Crippen molar-refractivity contribution in [2.24, 2.45) is 0 Å². The van der Waals surface area contributed by atoms with Crippen LogP contribution in [-0.2, 0) is 4.79 Å². The fourth-order valence-electron chi connectivity index (χ4n) is 3.91. The molecule has 28 heavy (non-hydrogen) atoms. The van der Waals surface area contributed by atoms with E-state index in [-0.39, 0.29) is 11.3 Å². The van der Waals surface area contributed by atoms with E-state index in [0.29, 0.717) is 29.3 Å². The lowest BCUT2D eigenvalue weighted by Gasteiger charge is -2.26. The molecule has 2 aromatic rings. The highest BCUT2D eigenvalue weighted by molar-refractivity contribution is 8.04. The van der Waals surface area contributed by atoms with Crippen LogP contribution in [0.4, 0.5) is 15.9 Å². The minimum atomic E-state index is -0.467. The molecule has 6 nitrogen and oxygen atoms in total. The molecule has 144 valence electrons. The number of amides is 1. The summed E-state index contributed by atoms with van der Waals surface area (Å²) < 4.78 is 14.8. The molecule has 1 unspecified atom stereocenters. The number of carbonyl (C=O) groups excluding carboxylic acids is 1. The summed E-state index contributed by atoms with van der Waals surface area (Å²) in [5, 5.41) is 3.00. The average molecular weight is 397 g/mol. The van der Waals surface area contributed by atoms with Crippen molar-refractivity contribution in [3.8, 4) is 0 Å². The molecule has 0 bridgehead atoms. The fourth-order valence-corrected chi connectivity index (χ4v) is 5.16. The average Bonchev–Trinajstić information content (AvgIpc) is 3.39. The number of rotatable bonds is 3. The molecule has 1 saturated heterocycles. The summed E-state index contributed by atoms with van der Waals surface area (Å²) in [7, 11) is 0. The van der Waals surface area contributed by atoms with Gasteiger partial charge < -0.3 is 15.1 Å². The molecule has 1 atom stereocenters. The Labute approximate surface area is 166 Å². The molecule has 3 aliphatic heterocycles. The highest BCUT2D eigenvalue weighted by Gasteiger charge is 2.37. The summed E-state index contributed by atoms with van der Waals surface area (Å²) in [5.74, 6) is 0.167. The molecule has 5 rings (SSSR count). The first-order valence-electron chi connectivity index (χ1n) is 9.50. The third-order valence-electron chi connectivity index (χ3n) is 5.37. The quantitative estimate of drug-likeness (QED) is 0.803. The zero-order valence-electron chi connectivity index (χ0n) is 15.3. The Morgan fingerprint density at radius 2 is 2.04 bits per heavy atom. The maximum atomic E-state index is 14.8. The van der Waals surface area contributed by atoms with Gasteiger partial charge in [0.15, 0.2) is 0 Å². The Morgan fingerprint density at radius 3 is 2.79 bits per heavy atom. The van der Waals surface area contributed by atoms with E-state index >= 15 is 0 Å². The van der Waals surface area contributed by atoms with Crippen LogP contribution in [0.15, 0.2) is 47.3 Å². The number of hydrogen-bond donors (Lipinski definition) is 1. The number of thioether (sulfide) groups is 1. The van der Waals surface area contributed by atoms with E-state index in [1.54, 1.807) is 23.4 Å². The zero-order chi connectivity index (χ0) is 19.1. The number of nitrogens with zero attached hydrogens (tertiary/aromatic N) is 4. The van der Waals surface area contributed by atoms with E-state index in [9.17, 15) is 9.18 Å². The van der Waals surface area contributed by atoms with Crippen LogP contribution in [0.25, 0.3) is 0 Å². The van der Waals surface area contributed by atoms with Gasteiger partial charge >= 0.3 is 0 Å². The van der Waals surface area contributed by atoms with E-state index in [2.05, 4.69) is 20.2 Å². The molecular weight excluding hydrogens is 377 g/mol. The first kappa shape index (κ1) is 17.5. The molecule has 0 aromatic carbocycles. The maximum Gasteiger partial charge on any atom is 0.266 e. The van der Waals surface area contributed by atoms with Crippen LogP contribution in [0.2, 0.25) is 0 Å². The molecule has 3 aliphatic rings. The zero-order valence-corrected chi connectivity index (χ0v) is 16.1. The van der Waals surface area contributed by atoms with E-state index in [0.717, 1.165) is 37.3 Å². The van der Waals surface area contributed by atoms with Gasteiger partial charge in [-0.2, -0.15) is 4.39 Å². The molecule has 5 heterocycles. The van der Waals surface area contributed by atoms with Crippen molar-refractivity contribution in [2.75, 3.05) is 29.4 Å². The van der Waals surface area contributed by atoms with E-state index in [1.807, 2.05) is 18.2 Å². The van der Waals surface area contributed by atoms with Crippen molar-refractivity contribution < 1.29 is 9.18 Å². The first-order chi connectivity index (χ1) is 13.7. The molecule has 2 aromatic heterocycles. The SMILES string of the molecule is O=C1C2=C(CCN1c1cccnc1)NC(c1ccc(N3CCCC3)nc1F)S2. The summed E-state index contributed by atoms with van der Waals surface area (Å²) in [4.78, 5) is 25.7. The lowest BCUT2D eigenvalue weighted by Crippen LogP contribution is -2.37. The van der Waals surface area contributed by atoms with Gasteiger partial charge in [0.25, 0.3) is 5.91 Å². The lowest BCUT2D eigenvalue weighted by atomic mass is 10.1. The van der Waals surface area contributed by atoms with Crippen LogP contribution in [0, 0.1) is 5.95 Å². The van der Waals surface area contributed by atoms with Gasteiger partial charge in [-0.3, -0.25) is 9.78 Å². The Bertz CT molecular complexity index is 945. The highest BCUT2D eigenvalue weighted by atomic mass is 32.2. The van der Waals surface area contributed by atoms with Crippen molar-refractivity contribution in [3.63, 3.8) is 0 Å². The minimum Gasteiger partial charge on any atom is -0.371 e. The van der Waals surface area contributed by atoms with Gasteiger partial charge in [-0.15, -0.1) is 0 Å². The van der Waals surface area contributed by atoms with Crippen LogP contribution in [0.1, 0.15) is 30.2 Å². The number of aromatic nitrogens is 2. The van der Waals surface area contributed by atoms with Crippen molar-refractivity contribution in [2.45, 2.75) is 24.6 Å². The molecule has 1 amide bonds. The predicted octanol–water partition coefficient (Wildman–Crippen LogP) is 3.20. The van der Waals surface area contributed by atoms with Gasteiger partial charge in [-0.1, -0.05) is 11.8 Å². The van der Waals surface area contributed by atoms with E-state index < -0.39 is 5.95 Å². The highest BCUT2D eigenvalue weighted by Crippen LogP contribution is 2.45. The van der Waals surface area contributed by atoms with Crippen LogP contribution in [-0.4, -0.2) is 35.5 Å². The molecule has 8 heteroatoms. The largest absolute Gasteiger partial charge is 0.371 e. The first-order valence-corrected chi connectivity index (χ1v) is 10.4. The molecule has 0 aliphatic carbocycles. The standard InChI is InChI=1S/C20H20FN5OS/c21-18-14(5-6-16(24-18)25-9-1-2-10-25)19-23-15-7-11-26(20(27)17(15)28-19)13-4-3-8-22-12-13/h3-6,8,12,19,23H,1-2,7,9-11H2. The number of pyridine rings is 2. The molecule has 0 radical (unpaired) electrons. The third-order valence-corrected chi connectivity index (χ3v) is 6.64. The summed E-state index contributed by atoms with van der Waals surface area (Å²) in [6, 6.07) is 7.37. The topological polar surface area (TPSA) is 61.4 Å². The number of anilines is 2. The molecular formula is C20H20FN5OS. The van der Waals surface area contributed by atoms with Gasteiger partial charge in [-0.05, 0) is 37.1 Å². The van der Waals surface area contributed by atoms with Gasteiger partial charge in [0.1, 0.15) is 11.2 Å². The van der Waals surface area contributed by atoms with Gasteiger partial charge in [0.2, 0.25) is 5.95 Å². The second-order valence-electron chi connectivity index (χ2n) is 7.11. The number of halogens is 1. The number of hydrogen-bond acceptors (Lipinski definition) is 6. The Kier molecular flexibility index (Phi) is 4.43. The summed E-state index contributed by atoms with van der Waals surface area (Å²) in [6.45, 7) is 2.44. The summed E-state index contributed by atoms with van der Waals surface area (Å²) in [6.07, 6.45) is 6.33. The monoisotopic (exact) mass is 397 g/mol. The van der Waals surface area contributed by atoms with Crippen LogP contribution in [0.3, 0.4) is 0 Å². The van der Waals surface area contributed by atoms with Gasteiger partial charge in [0.05, 0.1) is 16.8 Å². The lowest BCUT2D eigenvalue weighted by molar-refractivity contribution is -0.114. The Hall–Kier alpha value is -2.61. The van der Waals surface area contributed by atoms with Crippen molar-refractivity contribution in [1.29, 1.82) is 0 Å². The minimum absolute atomic E-state index is 0.0590. The smallest absolute Gasteiger partial charge is 0.266 e. The van der Waals surface area contributed by atoms with Gasteiger partial charge in [-0.25, -0.2) is 4.98 Å². The molecule has 0 saturated carbocycles. The number of carbonyl (C=O) groups is 1. The Balaban J connectivity index is 1.35. The van der Waals surface area contributed by atoms with Crippen LogP contribution in [0.5, 0.6) is 0 Å². The van der Waals surface area contributed by atoms with Crippen molar-refractivity contribution in [3.05, 3.63) is 58.8 Å². The van der Waals surface area contributed by atoms with Crippen molar-refractivity contribution >= 4 is 29.2 Å². The second kappa shape index (κ2) is 7.09. The molecule has 0 spiro atoms. The molecule has 1 N–H and O–H groups in total. The summed E-state index contributed by atoms with van der Waals surface area (Å²) in [5.41, 5.74) is 2.16. The third kappa shape index (κ3) is 3.01. The molecule has 1 fully saturated rings. The van der Waals surface area contributed by atoms with Crippen LogP contribution < -0.4 is 15.1 Å². The summed E-state index contributed by atoms with van der Waals surface area (Å²) >= 11 is 1.37. The Morgan fingerprint density at radius 1 is 1.18 bits per heavy atom. The van der Waals surface area contributed by atoms with E-state index in [4.69, 9.17) is 0 Å². The second-order valence-corrected chi connectivity index (χ2v) is 8.23. The fraction of sp³-hybridized carbons (Fsp3) is 0.350. The van der Waals surface area contributed by atoms with Crippen LogP contribution >= 0.6 is 11.8 Å².